The molecular formula is C15H22N2. The number of benzene rings is 1. The molecule has 0 aliphatic carbocycles. The zero-order chi connectivity index (χ0) is 12.1. The fraction of sp³-hybridized carbons (Fsp3) is 0.467. The first-order chi connectivity index (χ1) is 8.31. The van der Waals surface area contributed by atoms with Crippen LogP contribution in [0.3, 0.4) is 0 Å². The van der Waals surface area contributed by atoms with E-state index in [0.717, 1.165) is 25.4 Å². The lowest BCUT2D eigenvalue weighted by molar-refractivity contribution is 0.502. The highest BCUT2D eigenvalue weighted by Gasteiger charge is 2.02. The number of nitrogens with one attached hydrogen (secondary N) is 2. The third-order valence-electron chi connectivity index (χ3n) is 3.44. The fourth-order valence-electron chi connectivity index (χ4n) is 2.05. The molecule has 1 unspecified atom stereocenters. The van der Waals surface area contributed by atoms with Gasteiger partial charge in [-0.1, -0.05) is 38.5 Å². The predicted octanol–water partition coefficient (Wildman–Crippen LogP) is 3.35. The van der Waals surface area contributed by atoms with E-state index in [9.17, 15) is 0 Å². The minimum absolute atomic E-state index is 0.776. The smallest absolute Gasteiger partial charge is 0.0456 e. The molecule has 1 atom stereocenters. The highest BCUT2D eigenvalue weighted by Crippen LogP contribution is 2.17. The minimum Gasteiger partial charge on any atom is -0.361 e. The zero-order valence-corrected chi connectivity index (χ0v) is 10.8. The number of hydrogen-bond donors (Lipinski definition) is 2. The monoisotopic (exact) mass is 230 g/mol. The second-order valence-corrected chi connectivity index (χ2v) is 4.83. The van der Waals surface area contributed by atoms with Crippen LogP contribution in [0.5, 0.6) is 0 Å². The van der Waals surface area contributed by atoms with Gasteiger partial charge in [0.2, 0.25) is 0 Å². The molecule has 1 aromatic heterocycles. The van der Waals surface area contributed by atoms with E-state index in [1.54, 1.807) is 0 Å². The average molecular weight is 230 g/mol. The number of para-hydroxylation sites is 1. The number of rotatable bonds is 6. The van der Waals surface area contributed by atoms with E-state index in [1.807, 2.05) is 0 Å². The quantitative estimate of drug-likeness (QED) is 0.732. The maximum absolute atomic E-state index is 3.53. The Morgan fingerprint density at radius 2 is 2.12 bits per heavy atom. The molecule has 1 heterocycles. The highest BCUT2D eigenvalue weighted by molar-refractivity contribution is 5.83. The van der Waals surface area contributed by atoms with E-state index >= 15 is 0 Å². The van der Waals surface area contributed by atoms with Gasteiger partial charge in [0, 0.05) is 17.1 Å². The summed E-state index contributed by atoms with van der Waals surface area (Å²) in [6.45, 7) is 6.72. The minimum atomic E-state index is 0.776. The number of aromatic amines is 1. The van der Waals surface area contributed by atoms with E-state index in [2.05, 4.69) is 54.6 Å². The maximum Gasteiger partial charge on any atom is 0.0456 e. The molecule has 0 amide bonds. The molecule has 2 N–H and O–H groups in total. The fourth-order valence-corrected chi connectivity index (χ4v) is 2.05. The molecule has 2 nitrogen and oxygen atoms in total. The van der Waals surface area contributed by atoms with Gasteiger partial charge >= 0.3 is 0 Å². The van der Waals surface area contributed by atoms with Gasteiger partial charge in [-0.2, -0.15) is 0 Å². The van der Waals surface area contributed by atoms with Gasteiger partial charge in [-0.3, -0.25) is 0 Å². The summed E-state index contributed by atoms with van der Waals surface area (Å²) in [4.78, 5) is 3.32. The van der Waals surface area contributed by atoms with Crippen molar-refractivity contribution in [2.24, 2.45) is 5.92 Å². The largest absolute Gasteiger partial charge is 0.361 e. The van der Waals surface area contributed by atoms with Crippen LogP contribution in [0, 0.1) is 5.92 Å². The second kappa shape index (κ2) is 5.87. The Morgan fingerprint density at radius 1 is 1.29 bits per heavy atom. The number of fused-ring (bicyclic) bond motifs is 1. The first kappa shape index (κ1) is 12.2. The molecule has 2 rings (SSSR count). The third kappa shape index (κ3) is 3.10. The molecule has 0 bridgehead atoms. The number of aromatic nitrogens is 1. The molecule has 92 valence electrons. The molecule has 2 aromatic rings. The zero-order valence-electron chi connectivity index (χ0n) is 10.8. The van der Waals surface area contributed by atoms with Crippen LogP contribution in [0.15, 0.2) is 30.5 Å². The van der Waals surface area contributed by atoms with Crippen molar-refractivity contribution in [3.8, 4) is 0 Å². The lowest BCUT2D eigenvalue weighted by Gasteiger charge is -2.09. The first-order valence-electron chi connectivity index (χ1n) is 6.57. The van der Waals surface area contributed by atoms with E-state index in [0.29, 0.717) is 0 Å². The highest BCUT2D eigenvalue weighted by atomic mass is 14.8. The van der Waals surface area contributed by atoms with Gasteiger partial charge in [-0.05, 0) is 37.1 Å². The maximum atomic E-state index is 3.53. The summed E-state index contributed by atoms with van der Waals surface area (Å²) in [6, 6.07) is 8.50. The summed E-state index contributed by atoms with van der Waals surface area (Å²) >= 11 is 0. The predicted molar refractivity (Wildman–Crippen MR) is 74.3 cm³/mol. The van der Waals surface area contributed by atoms with Gasteiger partial charge < -0.3 is 10.3 Å². The molecule has 17 heavy (non-hydrogen) atoms. The molecular weight excluding hydrogens is 208 g/mol. The molecule has 0 aliphatic heterocycles. The Balaban J connectivity index is 1.87. The van der Waals surface area contributed by atoms with Crippen LogP contribution in [0.1, 0.15) is 25.8 Å². The van der Waals surface area contributed by atoms with Crippen LogP contribution < -0.4 is 5.32 Å². The van der Waals surface area contributed by atoms with Crippen LogP contribution in [0.2, 0.25) is 0 Å². The second-order valence-electron chi connectivity index (χ2n) is 4.83. The normalized spacial score (nSPS) is 13.1. The summed E-state index contributed by atoms with van der Waals surface area (Å²) in [5.41, 5.74) is 2.65. The number of H-pyrrole nitrogens is 1. The molecule has 0 radical (unpaired) electrons. The summed E-state index contributed by atoms with van der Waals surface area (Å²) in [5, 5.41) is 4.88. The molecule has 0 saturated heterocycles. The topological polar surface area (TPSA) is 27.8 Å². The number of hydrogen-bond acceptors (Lipinski definition) is 1. The molecule has 2 heteroatoms. The van der Waals surface area contributed by atoms with E-state index < -0.39 is 0 Å². The van der Waals surface area contributed by atoms with E-state index in [4.69, 9.17) is 0 Å². The van der Waals surface area contributed by atoms with Crippen molar-refractivity contribution in [1.29, 1.82) is 0 Å². The van der Waals surface area contributed by atoms with Gasteiger partial charge in [-0.25, -0.2) is 0 Å². The van der Waals surface area contributed by atoms with Crippen LogP contribution >= 0.6 is 0 Å². The van der Waals surface area contributed by atoms with E-state index in [-0.39, 0.29) is 0 Å². The van der Waals surface area contributed by atoms with E-state index in [1.165, 1.54) is 22.9 Å². The lowest BCUT2D eigenvalue weighted by Crippen LogP contribution is -2.23. The van der Waals surface area contributed by atoms with Crippen molar-refractivity contribution >= 4 is 10.9 Å². The van der Waals surface area contributed by atoms with Crippen molar-refractivity contribution in [3.05, 3.63) is 36.0 Å². The van der Waals surface area contributed by atoms with Gasteiger partial charge in [0.05, 0.1) is 0 Å². The van der Waals surface area contributed by atoms with Crippen LogP contribution in [-0.2, 0) is 6.42 Å². The van der Waals surface area contributed by atoms with Crippen LogP contribution in [0.25, 0.3) is 10.9 Å². The Kier molecular flexibility index (Phi) is 4.21. The Morgan fingerprint density at radius 3 is 2.94 bits per heavy atom. The van der Waals surface area contributed by atoms with Crippen LogP contribution in [0.4, 0.5) is 0 Å². The lowest BCUT2D eigenvalue weighted by atomic mass is 10.1. The molecule has 0 fully saturated rings. The van der Waals surface area contributed by atoms with Gasteiger partial charge in [-0.15, -0.1) is 0 Å². The summed E-state index contributed by atoms with van der Waals surface area (Å²) in [7, 11) is 0. The molecule has 0 saturated carbocycles. The summed E-state index contributed by atoms with van der Waals surface area (Å²) in [5.74, 6) is 0.776. The Bertz CT molecular complexity index is 459. The molecule has 0 spiro atoms. The molecule has 0 aliphatic rings. The Labute approximate surface area is 103 Å². The van der Waals surface area contributed by atoms with Gasteiger partial charge in [0.15, 0.2) is 0 Å². The average Bonchev–Trinajstić information content (AvgIpc) is 2.78. The summed E-state index contributed by atoms with van der Waals surface area (Å²) in [6.07, 6.45) is 4.48. The van der Waals surface area contributed by atoms with Crippen molar-refractivity contribution in [2.75, 3.05) is 13.1 Å². The van der Waals surface area contributed by atoms with Crippen molar-refractivity contribution in [1.82, 2.24) is 10.3 Å². The third-order valence-corrected chi connectivity index (χ3v) is 3.44. The van der Waals surface area contributed by atoms with Crippen molar-refractivity contribution in [3.63, 3.8) is 0 Å². The van der Waals surface area contributed by atoms with Gasteiger partial charge in [0.25, 0.3) is 0 Å². The molecule has 1 aromatic carbocycles. The summed E-state index contributed by atoms with van der Waals surface area (Å²) < 4.78 is 0. The van der Waals surface area contributed by atoms with Crippen molar-refractivity contribution in [2.45, 2.75) is 26.7 Å². The van der Waals surface area contributed by atoms with Crippen molar-refractivity contribution < 1.29 is 0 Å². The van der Waals surface area contributed by atoms with Gasteiger partial charge in [0.1, 0.15) is 0 Å². The SMILES string of the molecule is CCC(C)CNCCc1c[nH]c2ccccc12. The first-order valence-corrected chi connectivity index (χ1v) is 6.57. The Hall–Kier alpha value is -1.28. The standard InChI is InChI=1S/C15H22N2/c1-3-12(2)10-16-9-8-13-11-17-15-7-5-4-6-14(13)15/h4-7,11-12,16-17H,3,8-10H2,1-2H3. The van der Waals surface area contributed by atoms with Crippen LogP contribution in [-0.4, -0.2) is 18.1 Å².